The molecule has 0 heterocycles. The van der Waals surface area contributed by atoms with Gasteiger partial charge < -0.3 is 20.1 Å². The standard InChI is InChI=1S/C25H50N2O6S.Na/c1-2-3-4-5-6-7-8-9-10-11-12-13-14-15-16-17-25(30)26-18-19-27(20-21-28)22-24(29)23-34(31,32)33;/h9-10,24,28-29H,2-8,11-23H2,1H3,(H,26,30)(H,31,32,33);/q;+1/p-1. The molecule has 1 amide bonds. The first-order valence-corrected chi connectivity index (χ1v) is 14.7. The Labute approximate surface area is 236 Å². The second-order valence-electron chi connectivity index (χ2n) is 9.09. The van der Waals surface area contributed by atoms with Crippen LogP contribution < -0.4 is 34.9 Å². The average molecular weight is 529 g/mol. The summed E-state index contributed by atoms with van der Waals surface area (Å²) < 4.78 is 32.2. The molecule has 0 saturated heterocycles. The van der Waals surface area contributed by atoms with Crippen molar-refractivity contribution in [2.24, 2.45) is 0 Å². The van der Waals surface area contributed by atoms with E-state index in [-0.39, 0.29) is 55.2 Å². The summed E-state index contributed by atoms with van der Waals surface area (Å²) in [7, 11) is -4.51. The number of hydrogen-bond acceptors (Lipinski definition) is 7. The van der Waals surface area contributed by atoms with Gasteiger partial charge in [0.15, 0.2) is 0 Å². The van der Waals surface area contributed by atoms with Crippen molar-refractivity contribution in [3.63, 3.8) is 0 Å². The van der Waals surface area contributed by atoms with Gasteiger partial charge in [-0.25, -0.2) is 8.42 Å². The molecule has 10 heteroatoms. The van der Waals surface area contributed by atoms with Crippen molar-refractivity contribution >= 4 is 16.0 Å². The van der Waals surface area contributed by atoms with Crippen LogP contribution in [0.1, 0.15) is 96.8 Å². The van der Waals surface area contributed by atoms with Gasteiger partial charge in [0.1, 0.15) is 0 Å². The first-order valence-electron chi connectivity index (χ1n) is 13.1. The van der Waals surface area contributed by atoms with E-state index < -0.39 is 22.0 Å². The molecule has 0 aromatic carbocycles. The Morgan fingerprint density at radius 2 is 1.49 bits per heavy atom. The summed E-state index contributed by atoms with van der Waals surface area (Å²) in [6.45, 7) is 2.94. The molecule has 0 fully saturated rings. The summed E-state index contributed by atoms with van der Waals surface area (Å²) in [5, 5.41) is 21.6. The number of aliphatic hydroxyl groups excluding tert-OH is 2. The Hall–Kier alpha value is -0.000000000000000222. The fourth-order valence-electron chi connectivity index (χ4n) is 3.82. The average Bonchev–Trinajstić information content (AvgIpc) is 2.75. The van der Waals surface area contributed by atoms with Crippen molar-refractivity contribution in [1.82, 2.24) is 10.2 Å². The van der Waals surface area contributed by atoms with Crippen LogP contribution in [0.25, 0.3) is 0 Å². The van der Waals surface area contributed by atoms with Crippen molar-refractivity contribution in [2.45, 2.75) is 103 Å². The number of allylic oxidation sites excluding steroid dienone is 2. The molecule has 0 aliphatic rings. The van der Waals surface area contributed by atoms with Crippen LogP contribution >= 0.6 is 0 Å². The zero-order valence-electron chi connectivity index (χ0n) is 22.3. The van der Waals surface area contributed by atoms with E-state index in [0.717, 1.165) is 25.7 Å². The number of carbonyl (C=O) groups is 1. The van der Waals surface area contributed by atoms with E-state index in [0.29, 0.717) is 19.5 Å². The third kappa shape index (κ3) is 28.4. The SMILES string of the molecule is CCCCCCCCC=CCCCCCCCC(=O)NCCN(CCO)CC(O)CS(=O)(=O)[O-].[Na+]. The second kappa shape index (κ2) is 25.6. The Bertz CT molecular complexity index is 619. The predicted molar refractivity (Wildman–Crippen MR) is 137 cm³/mol. The van der Waals surface area contributed by atoms with Crippen molar-refractivity contribution in [1.29, 1.82) is 0 Å². The van der Waals surface area contributed by atoms with Crippen LogP contribution in [0, 0.1) is 0 Å². The molecule has 0 aliphatic heterocycles. The van der Waals surface area contributed by atoms with Gasteiger partial charge in [-0.15, -0.1) is 0 Å². The number of rotatable bonds is 24. The largest absolute Gasteiger partial charge is 1.00 e. The monoisotopic (exact) mass is 528 g/mol. The molecular weight excluding hydrogens is 479 g/mol. The quantitative estimate of drug-likeness (QED) is 0.0713. The number of unbranched alkanes of at least 4 members (excludes halogenated alkanes) is 11. The van der Waals surface area contributed by atoms with Crippen LogP contribution in [0.3, 0.4) is 0 Å². The van der Waals surface area contributed by atoms with Gasteiger partial charge in [0.05, 0.1) is 28.6 Å². The maximum Gasteiger partial charge on any atom is 1.00 e. The fourth-order valence-corrected chi connectivity index (χ4v) is 4.40. The van der Waals surface area contributed by atoms with Gasteiger partial charge in [-0.2, -0.15) is 0 Å². The molecule has 0 saturated carbocycles. The van der Waals surface area contributed by atoms with Crippen LogP contribution in [0.5, 0.6) is 0 Å². The predicted octanol–water partition coefficient (Wildman–Crippen LogP) is 0.345. The minimum atomic E-state index is -4.51. The van der Waals surface area contributed by atoms with Gasteiger partial charge >= 0.3 is 29.6 Å². The van der Waals surface area contributed by atoms with E-state index in [1.807, 2.05) is 0 Å². The van der Waals surface area contributed by atoms with Gasteiger partial charge in [0.25, 0.3) is 0 Å². The number of hydrogen-bond donors (Lipinski definition) is 3. The number of carbonyl (C=O) groups excluding carboxylic acids is 1. The first kappa shape index (κ1) is 37.2. The molecule has 0 radical (unpaired) electrons. The molecular formula is C25H49N2NaO6S. The van der Waals surface area contributed by atoms with E-state index in [9.17, 15) is 22.9 Å². The van der Waals surface area contributed by atoms with Crippen LogP contribution in [-0.2, 0) is 14.9 Å². The van der Waals surface area contributed by atoms with Crippen LogP contribution in [-0.4, -0.2) is 78.6 Å². The maximum absolute atomic E-state index is 12.0. The summed E-state index contributed by atoms with van der Waals surface area (Å²) in [5.74, 6) is -0.902. The number of nitrogens with zero attached hydrogens (tertiary/aromatic N) is 1. The van der Waals surface area contributed by atoms with E-state index in [1.54, 1.807) is 4.90 Å². The zero-order chi connectivity index (χ0) is 25.5. The van der Waals surface area contributed by atoms with Crippen LogP contribution in [0.15, 0.2) is 12.2 Å². The van der Waals surface area contributed by atoms with Gasteiger partial charge in [0, 0.05) is 32.6 Å². The summed E-state index contributed by atoms with van der Waals surface area (Å²) >= 11 is 0. The smallest absolute Gasteiger partial charge is 0.748 e. The van der Waals surface area contributed by atoms with Crippen molar-refractivity contribution in [3.05, 3.63) is 12.2 Å². The van der Waals surface area contributed by atoms with E-state index in [4.69, 9.17) is 5.11 Å². The molecule has 0 spiro atoms. The molecule has 35 heavy (non-hydrogen) atoms. The fraction of sp³-hybridized carbons (Fsp3) is 0.880. The second-order valence-corrected chi connectivity index (χ2v) is 10.5. The number of amides is 1. The normalized spacial score (nSPS) is 12.7. The van der Waals surface area contributed by atoms with Crippen molar-refractivity contribution in [2.75, 3.05) is 38.5 Å². The summed E-state index contributed by atoms with van der Waals surface area (Å²) in [6.07, 6.45) is 19.5. The Kier molecular flexibility index (Phi) is 27.2. The summed E-state index contributed by atoms with van der Waals surface area (Å²) in [6, 6.07) is 0. The topological polar surface area (TPSA) is 130 Å². The third-order valence-corrected chi connectivity index (χ3v) is 6.49. The molecule has 0 bridgehead atoms. The molecule has 0 aliphatic carbocycles. The van der Waals surface area contributed by atoms with Crippen molar-refractivity contribution < 1.29 is 57.5 Å². The minimum absolute atomic E-state index is 0. The molecule has 0 rings (SSSR count). The summed E-state index contributed by atoms with van der Waals surface area (Å²) in [4.78, 5) is 13.6. The Morgan fingerprint density at radius 1 is 0.943 bits per heavy atom. The number of aliphatic hydroxyl groups is 2. The van der Waals surface area contributed by atoms with Crippen LogP contribution in [0.2, 0.25) is 0 Å². The molecule has 1 atom stereocenters. The molecule has 202 valence electrons. The molecule has 0 aromatic heterocycles. The minimum Gasteiger partial charge on any atom is -0.748 e. The molecule has 3 N–H and O–H groups in total. The van der Waals surface area contributed by atoms with E-state index in [1.165, 1.54) is 57.8 Å². The third-order valence-electron chi connectivity index (χ3n) is 5.70. The molecule has 0 aromatic rings. The zero-order valence-corrected chi connectivity index (χ0v) is 25.1. The van der Waals surface area contributed by atoms with Gasteiger partial charge in [0.2, 0.25) is 5.91 Å². The Morgan fingerprint density at radius 3 is 2.03 bits per heavy atom. The summed E-state index contributed by atoms with van der Waals surface area (Å²) in [5.41, 5.74) is 0. The van der Waals surface area contributed by atoms with Gasteiger partial charge in [-0.1, -0.05) is 70.4 Å². The van der Waals surface area contributed by atoms with Gasteiger partial charge in [-0.05, 0) is 32.1 Å². The Balaban J connectivity index is 0. The van der Waals surface area contributed by atoms with Crippen molar-refractivity contribution in [3.8, 4) is 0 Å². The molecule has 8 nitrogen and oxygen atoms in total. The van der Waals surface area contributed by atoms with E-state index >= 15 is 0 Å². The number of nitrogens with one attached hydrogen (secondary N) is 1. The van der Waals surface area contributed by atoms with Crippen LogP contribution in [0.4, 0.5) is 0 Å². The van der Waals surface area contributed by atoms with E-state index in [2.05, 4.69) is 24.4 Å². The maximum atomic E-state index is 12.0. The first-order chi connectivity index (χ1) is 16.3. The van der Waals surface area contributed by atoms with Gasteiger partial charge in [-0.3, -0.25) is 9.69 Å². The molecule has 1 unspecified atom stereocenters.